The topological polar surface area (TPSA) is 77.1 Å². The van der Waals surface area contributed by atoms with Gasteiger partial charge >= 0.3 is 0 Å². The number of nitrogens with zero attached hydrogens (tertiary/aromatic N) is 2. The maximum Gasteiger partial charge on any atom is 0.224 e. The van der Waals surface area contributed by atoms with Crippen LogP contribution in [0.15, 0.2) is 42.5 Å². The van der Waals surface area contributed by atoms with Crippen molar-refractivity contribution in [1.29, 1.82) is 0 Å². The number of β-amino-alcohol motifs (C(OH)–C–C–N with tert-alkyl or cyclic N) is 1. The van der Waals surface area contributed by atoms with E-state index in [4.69, 9.17) is 4.74 Å². The van der Waals surface area contributed by atoms with Gasteiger partial charge in [0, 0.05) is 62.8 Å². The van der Waals surface area contributed by atoms with E-state index in [9.17, 15) is 9.90 Å². The van der Waals surface area contributed by atoms with E-state index < -0.39 is 6.10 Å². The maximum atomic E-state index is 11.7. The quantitative estimate of drug-likeness (QED) is 0.650. The minimum absolute atomic E-state index is 0.0988. The zero-order valence-corrected chi connectivity index (χ0v) is 17.4. The highest BCUT2D eigenvalue weighted by Gasteiger charge is 2.24. The number of aliphatic hydroxyl groups excluding tert-OH is 1. The molecule has 1 saturated heterocycles. The maximum absolute atomic E-state index is 11.7. The summed E-state index contributed by atoms with van der Waals surface area (Å²) in [7, 11) is 1.65. The molecule has 2 aliphatic heterocycles. The van der Waals surface area contributed by atoms with Crippen molar-refractivity contribution in [2.24, 2.45) is 0 Å². The zero-order valence-electron chi connectivity index (χ0n) is 17.4. The molecule has 0 spiro atoms. The van der Waals surface area contributed by atoms with Crippen LogP contribution in [0.5, 0.6) is 5.75 Å². The molecule has 3 N–H and O–H groups in total. The van der Waals surface area contributed by atoms with Crippen LogP contribution in [0.3, 0.4) is 0 Å². The number of ether oxygens (including phenoxy) is 1. The van der Waals surface area contributed by atoms with Gasteiger partial charge in [-0.15, -0.1) is 0 Å². The molecule has 2 aliphatic rings. The van der Waals surface area contributed by atoms with Crippen molar-refractivity contribution in [3.63, 3.8) is 0 Å². The van der Waals surface area contributed by atoms with Gasteiger partial charge in [-0.1, -0.05) is 6.07 Å². The molecule has 7 nitrogen and oxygen atoms in total. The van der Waals surface area contributed by atoms with E-state index in [1.54, 1.807) is 7.11 Å². The fourth-order valence-corrected chi connectivity index (χ4v) is 4.18. The second-order valence-electron chi connectivity index (χ2n) is 7.90. The SMILES string of the molecule is COc1ccc(NC[C@@H](O)CN2CCN(c3cccc4c3CCC(=O)N4)CC2)cc1. The average molecular weight is 411 g/mol. The summed E-state index contributed by atoms with van der Waals surface area (Å²) < 4.78 is 5.17. The van der Waals surface area contributed by atoms with Gasteiger partial charge in [0.25, 0.3) is 0 Å². The molecule has 1 amide bonds. The molecule has 1 fully saturated rings. The predicted octanol–water partition coefficient (Wildman–Crippen LogP) is 2.17. The number of aliphatic hydroxyl groups is 1. The first-order valence-electron chi connectivity index (χ1n) is 10.6. The van der Waals surface area contributed by atoms with Gasteiger partial charge in [-0.05, 0) is 48.4 Å². The third-order valence-electron chi connectivity index (χ3n) is 5.84. The number of fused-ring (bicyclic) bond motifs is 1. The largest absolute Gasteiger partial charge is 0.497 e. The number of methoxy groups -OCH3 is 1. The Morgan fingerprint density at radius 1 is 1.10 bits per heavy atom. The Balaban J connectivity index is 1.25. The van der Waals surface area contributed by atoms with Crippen LogP contribution in [0.25, 0.3) is 0 Å². The van der Waals surface area contributed by atoms with Crippen molar-refractivity contribution in [3.8, 4) is 5.75 Å². The van der Waals surface area contributed by atoms with Crippen molar-refractivity contribution in [1.82, 2.24) is 4.90 Å². The summed E-state index contributed by atoms with van der Waals surface area (Å²) in [5.74, 6) is 0.919. The van der Waals surface area contributed by atoms with Gasteiger partial charge in [0.05, 0.1) is 13.2 Å². The number of amides is 1. The molecular weight excluding hydrogens is 380 g/mol. The number of anilines is 3. The van der Waals surface area contributed by atoms with E-state index in [2.05, 4.69) is 26.5 Å². The Bertz CT molecular complexity index is 863. The van der Waals surface area contributed by atoms with Gasteiger partial charge in [0.2, 0.25) is 5.91 Å². The molecule has 0 aromatic heterocycles. The van der Waals surface area contributed by atoms with Crippen LogP contribution in [0.1, 0.15) is 12.0 Å². The second-order valence-corrected chi connectivity index (χ2v) is 7.90. The summed E-state index contributed by atoms with van der Waals surface area (Å²) in [6.07, 6.45) is 0.920. The Hall–Kier alpha value is -2.77. The van der Waals surface area contributed by atoms with Crippen molar-refractivity contribution >= 4 is 23.0 Å². The van der Waals surface area contributed by atoms with Gasteiger partial charge in [0.15, 0.2) is 0 Å². The molecule has 0 bridgehead atoms. The molecule has 2 heterocycles. The molecule has 30 heavy (non-hydrogen) atoms. The Morgan fingerprint density at radius 2 is 1.87 bits per heavy atom. The highest BCUT2D eigenvalue weighted by molar-refractivity contribution is 5.95. The molecule has 0 aliphatic carbocycles. The van der Waals surface area contributed by atoms with Crippen LogP contribution in [0, 0.1) is 0 Å². The van der Waals surface area contributed by atoms with Gasteiger partial charge in [0.1, 0.15) is 5.75 Å². The minimum Gasteiger partial charge on any atom is -0.497 e. The summed E-state index contributed by atoms with van der Waals surface area (Å²) in [5.41, 5.74) is 4.40. The number of benzene rings is 2. The number of nitrogens with one attached hydrogen (secondary N) is 2. The van der Waals surface area contributed by atoms with E-state index in [0.29, 0.717) is 19.5 Å². The molecule has 0 unspecified atom stereocenters. The third kappa shape index (κ3) is 4.86. The Kier molecular flexibility index (Phi) is 6.40. The fraction of sp³-hybridized carbons (Fsp3) is 0.435. The first-order valence-corrected chi connectivity index (χ1v) is 10.6. The number of carbonyl (C=O) groups is 1. The van der Waals surface area contributed by atoms with E-state index in [1.165, 1.54) is 11.3 Å². The molecule has 2 aromatic rings. The molecule has 0 saturated carbocycles. The molecule has 160 valence electrons. The van der Waals surface area contributed by atoms with Crippen LogP contribution in [0.4, 0.5) is 17.1 Å². The molecule has 7 heteroatoms. The second kappa shape index (κ2) is 9.36. The number of hydrogen-bond donors (Lipinski definition) is 3. The Labute approximate surface area is 177 Å². The zero-order chi connectivity index (χ0) is 20.9. The van der Waals surface area contributed by atoms with E-state index in [0.717, 1.165) is 49.7 Å². The minimum atomic E-state index is -0.432. The lowest BCUT2D eigenvalue weighted by Gasteiger charge is -2.38. The standard InChI is InChI=1S/C23H30N4O3/c1-30-19-7-5-17(6-8-19)24-15-18(28)16-26-11-13-27(14-12-26)22-4-2-3-21-20(22)9-10-23(29)25-21/h2-8,18,24,28H,9-16H2,1H3,(H,25,29)/t18-/m1/s1. The van der Waals surface area contributed by atoms with Crippen molar-refractivity contribution in [2.45, 2.75) is 18.9 Å². The highest BCUT2D eigenvalue weighted by Crippen LogP contribution is 2.32. The average Bonchev–Trinajstić information content (AvgIpc) is 2.78. The van der Waals surface area contributed by atoms with Crippen LogP contribution in [-0.2, 0) is 11.2 Å². The molecular formula is C23H30N4O3. The highest BCUT2D eigenvalue weighted by atomic mass is 16.5. The summed E-state index contributed by atoms with van der Waals surface area (Å²) in [6.45, 7) is 4.83. The van der Waals surface area contributed by atoms with Crippen LogP contribution in [-0.4, -0.2) is 68.4 Å². The van der Waals surface area contributed by atoms with E-state index >= 15 is 0 Å². The summed E-state index contributed by atoms with van der Waals surface area (Å²) in [6, 6.07) is 13.9. The normalized spacial score (nSPS) is 17.8. The molecule has 2 aromatic carbocycles. The van der Waals surface area contributed by atoms with Crippen LogP contribution < -0.4 is 20.3 Å². The monoisotopic (exact) mass is 410 g/mol. The summed E-state index contributed by atoms with van der Waals surface area (Å²) in [4.78, 5) is 16.4. The Morgan fingerprint density at radius 3 is 2.60 bits per heavy atom. The lowest BCUT2D eigenvalue weighted by Crippen LogP contribution is -2.49. The first-order chi connectivity index (χ1) is 14.6. The van der Waals surface area contributed by atoms with E-state index in [-0.39, 0.29) is 5.91 Å². The molecule has 1 atom stereocenters. The fourth-order valence-electron chi connectivity index (χ4n) is 4.18. The van der Waals surface area contributed by atoms with Crippen molar-refractivity contribution < 1.29 is 14.6 Å². The van der Waals surface area contributed by atoms with Gasteiger partial charge in [-0.25, -0.2) is 0 Å². The molecule has 0 radical (unpaired) electrons. The van der Waals surface area contributed by atoms with Crippen molar-refractivity contribution in [2.75, 3.05) is 61.9 Å². The summed E-state index contributed by atoms with van der Waals surface area (Å²) >= 11 is 0. The van der Waals surface area contributed by atoms with Gasteiger partial charge in [-0.3, -0.25) is 9.69 Å². The lowest BCUT2D eigenvalue weighted by molar-refractivity contribution is -0.116. The lowest BCUT2D eigenvalue weighted by atomic mass is 10.00. The van der Waals surface area contributed by atoms with Crippen LogP contribution >= 0.6 is 0 Å². The predicted molar refractivity (Wildman–Crippen MR) is 120 cm³/mol. The van der Waals surface area contributed by atoms with Crippen LogP contribution in [0.2, 0.25) is 0 Å². The summed E-state index contributed by atoms with van der Waals surface area (Å²) in [5, 5.41) is 16.7. The number of carbonyl (C=O) groups excluding carboxylic acids is 1. The van der Waals surface area contributed by atoms with Gasteiger partial charge < -0.3 is 25.4 Å². The number of rotatable bonds is 7. The van der Waals surface area contributed by atoms with E-state index in [1.807, 2.05) is 36.4 Å². The van der Waals surface area contributed by atoms with Crippen molar-refractivity contribution in [3.05, 3.63) is 48.0 Å². The smallest absolute Gasteiger partial charge is 0.224 e. The van der Waals surface area contributed by atoms with Gasteiger partial charge in [-0.2, -0.15) is 0 Å². The third-order valence-corrected chi connectivity index (χ3v) is 5.84. The first kappa shape index (κ1) is 20.5. The number of piperazine rings is 1. The number of hydrogen-bond acceptors (Lipinski definition) is 6. The molecule has 4 rings (SSSR count).